The number of ether oxygens (including phenoxy) is 1. The quantitative estimate of drug-likeness (QED) is 0.871. The van der Waals surface area contributed by atoms with Crippen molar-refractivity contribution in [3.63, 3.8) is 0 Å². The van der Waals surface area contributed by atoms with Crippen molar-refractivity contribution < 1.29 is 14.6 Å². The van der Waals surface area contributed by atoms with E-state index in [2.05, 4.69) is 10.3 Å². The molecule has 1 aromatic heterocycles. The summed E-state index contributed by atoms with van der Waals surface area (Å²) in [6.45, 7) is 8.46. The highest BCUT2D eigenvalue weighted by Gasteiger charge is 2.19. The fourth-order valence-electron chi connectivity index (χ4n) is 2.57. The number of carbonyl (C=O) groups excluding carboxylic acids is 1. The van der Waals surface area contributed by atoms with Crippen LogP contribution >= 0.6 is 0 Å². The second kappa shape index (κ2) is 7.08. The van der Waals surface area contributed by atoms with E-state index < -0.39 is 17.4 Å². The molecule has 2 N–H and O–H groups in total. The smallest absolute Gasteiger partial charge is 0.427 e. The molecule has 1 amide bonds. The van der Waals surface area contributed by atoms with Gasteiger partial charge in [-0.1, -0.05) is 6.42 Å². The molecule has 0 radical (unpaired) electrons. The molecule has 0 aromatic carbocycles. The first kappa shape index (κ1) is 17.4. The Balaban J connectivity index is 1.98. The molecule has 2 rings (SSSR count). The van der Waals surface area contributed by atoms with Crippen molar-refractivity contribution in [2.75, 3.05) is 25.1 Å². The van der Waals surface area contributed by atoms with E-state index in [0.29, 0.717) is 6.54 Å². The van der Waals surface area contributed by atoms with Crippen LogP contribution in [0.4, 0.5) is 4.79 Å². The minimum Gasteiger partial charge on any atom is -0.492 e. The average Bonchev–Trinajstić information content (AvgIpc) is 2.72. The van der Waals surface area contributed by atoms with Crippen molar-refractivity contribution in [3.05, 3.63) is 16.7 Å². The fraction of sp³-hybridized carbons (Fsp3) is 0.733. The lowest BCUT2D eigenvalue weighted by molar-refractivity contribution is 0.0609. The summed E-state index contributed by atoms with van der Waals surface area (Å²) in [7, 11) is 0. The van der Waals surface area contributed by atoms with E-state index in [1.54, 1.807) is 20.8 Å². The third kappa shape index (κ3) is 5.02. The number of aromatic hydroxyl groups is 1. The molecule has 1 fully saturated rings. The van der Waals surface area contributed by atoms with Crippen LogP contribution in [0.1, 0.15) is 40.0 Å². The van der Waals surface area contributed by atoms with Crippen LogP contribution in [-0.4, -0.2) is 50.6 Å². The number of hydrogen-bond acceptors (Lipinski definition) is 5. The lowest BCUT2D eigenvalue weighted by Crippen LogP contribution is -2.39. The van der Waals surface area contributed by atoms with Crippen LogP contribution in [0.15, 0.2) is 11.0 Å². The molecule has 23 heavy (non-hydrogen) atoms. The Hall–Kier alpha value is -1.96. The normalized spacial score (nSPS) is 16.3. The molecule has 0 saturated carbocycles. The van der Waals surface area contributed by atoms with Crippen LogP contribution in [-0.2, 0) is 11.3 Å². The molecule has 1 aliphatic heterocycles. The first-order chi connectivity index (χ1) is 10.8. The number of hydrogen-bond donors (Lipinski definition) is 2. The molecule has 1 saturated heterocycles. The Kier molecular flexibility index (Phi) is 5.35. The molecular formula is C15H26N4O4. The number of imidazole rings is 1. The zero-order valence-electron chi connectivity index (χ0n) is 14.0. The summed E-state index contributed by atoms with van der Waals surface area (Å²) in [6, 6.07) is 0. The lowest BCUT2D eigenvalue weighted by atomic mass is 10.1. The van der Waals surface area contributed by atoms with Crippen LogP contribution < -0.4 is 11.1 Å². The maximum absolute atomic E-state index is 12.2. The van der Waals surface area contributed by atoms with Gasteiger partial charge in [0.15, 0.2) is 0 Å². The standard InChI is InChI=1S/C15H26N4O4/c1-15(2,3)23-13(21)16-19-12(20)11-18(14(19)22)10-9-17-7-5-4-6-8-17/h11,20H,4-10H2,1-3H3,(H,16,21). The van der Waals surface area contributed by atoms with Crippen LogP contribution in [0.2, 0.25) is 0 Å². The highest BCUT2D eigenvalue weighted by Crippen LogP contribution is 2.10. The second-order valence-corrected chi connectivity index (χ2v) is 6.81. The highest BCUT2D eigenvalue weighted by molar-refractivity contribution is 5.76. The molecule has 0 aliphatic carbocycles. The minimum absolute atomic E-state index is 0.320. The number of likely N-dealkylation sites (tertiary alicyclic amines) is 1. The zero-order valence-corrected chi connectivity index (χ0v) is 14.0. The molecule has 1 aromatic rings. The van der Waals surface area contributed by atoms with E-state index in [0.717, 1.165) is 24.3 Å². The van der Waals surface area contributed by atoms with Crippen LogP contribution in [0.25, 0.3) is 0 Å². The van der Waals surface area contributed by atoms with Gasteiger partial charge >= 0.3 is 11.8 Å². The SMILES string of the molecule is CC(C)(C)OC(=O)Nn1c(O)cn(CCN2CCCCC2)c1=O. The maximum atomic E-state index is 12.2. The molecule has 2 heterocycles. The van der Waals surface area contributed by atoms with E-state index >= 15 is 0 Å². The van der Waals surface area contributed by atoms with E-state index in [1.807, 2.05) is 0 Å². The predicted octanol–water partition coefficient (Wildman–Crippen LogP) is 1.32. The van der Waals surface area contributed by atoms with Crippen LogP contribution in [0.5, 0.6) is 5.88 Å². The van der Waals surface area contributed by atoms with Crippen molar-refractivity contribution in [3.8, 4) is 5.88 Å². The molecule has 8 heteroatoms. The molecule has 0 unspecified atom stereocenters. The van der Waals surface area contributed by atoms with Gasteiger partial charge in [0.05, 0.1) is 6.20 Å². The summed E-state index contributed by atoms with van der Waals surface area (Å²) in [6.07, 6.45) is 4.16. The number of aromatic nitrogens is 2. The number of nitrogens with one attached hydrogen (secondary N) is 1. The van der Waals surface area contributed by atoms with E-state index in [4.69, 9.17) is 4.74 Å². The molecule has 0 atom stereocenters. The number of nitrogens with zero attached hydrogens (tertiary/aromatic N) is 3. The largest absolute Gasteiger partial charge is 0.492 e. The van der Waals surface area contributed by atoms with Gasteiger partial charge in [0, 0.05) is 13.1 Å². The topological polar surface area (TPSA) is 88.7 Å². The first-order valence-corrected chi connectivity index (χ1v) is 8.00. The highest BCUT2D eigenvalue weighted by atomic mass is 16.6. The lowest BCUT2D eigenvalue weighted by Gasteiger charge is -2.26. The van der Waals surface area contributed by atoms with Gasteiger partial charge in [-0.25, -0.2) is 15.0 Å². The average molecular weight is 326 g/mol. The van der Waals surface area contributed by atoms with Crippen LogP contribution in [0.3, 0.4) is 0 Å². The summed E-state index contributed by atoms with van der Waals surface area (Å²) in [4.78, 5) is 26.3. The van der Waals surface area contributed by atoms with E-state index in [1.165, 1.54) is 30.0 Å². The van der Waals surface area contributed by atoms with Gasteiger partial charge in [0.1, 0.15) is 5.60 Å². The summed E-state index contributed by atoms with van der Waals surface area (Å²) >= 11 is 0. The second-order valence-electron chi connectivity index (χ2n) is 6.81. The summed E-state index contributed by atoms with van der Waals surface area (Å²) in [5.74, 6) is -0.320. The third-order valence-electron chi connectivity index (χ3n) is 3.65. The Morgan fingerprint density at radius 2 is 1.91 bits per heavy atom. The van der Waals surface area contributed by atoms with Crippen molar-refractivity contribution >= 4 is 6.09 Å². The number of rotatable bonds is 4. The summed E-state index contributed by atoms with van der Waals surface area (Å²) in [5.41, 5.74) is 1.08. The molecule has 130 valence electrons. The summed E-state index contributed by atoms with van der Waals surface area (Å²) < 4.78 is 7.26. The minimum atomic E-state index is -0.788. The van der Waals surface area contributed by atoms with E-state index in [-0.39, 0.29) is 5.88 Å². The van der Waals surface area contributed by atoms with Gasteiger partial charge in [-0.3, -0.25) is 4.57 Å². The molecule has 1 aliphatic rings. The Labute approximate surface area is 135 Å². The van der Waals surface area contributed by atoms with Crippen molar-refractivity contribution in [2.24, 2.45) is 0 Å². The Morgan fingerprint density at radius 3 is 2.52 bits per heavy atom. The third-order valence-corrected chi connectivity index (χ3v) is 3.65. The van der Waals surface area contributed by atoms with Gasteiger partial charge in [-0.05, 0) is 46.7 Å². The molecule has 0 bridgehead atoms. The van der Waals surface area contributed by atoms with Crippen molar-refractivity contribution in [2.45, 2.75) is 52.2 Å². The number of carbonyl (C=O) groups is 1. The van der Waals surface area contributed by atoms with Gasteiger partial charge in [0.25, 0.3) is 0 Å². The molecule has 8 nitrogen and oxygen atoms in total. The summed E-state index contributed by atoms with van der Waals surface area (Å²) in [5, 5.41) is 9.85. The number of amides is 1. The van der Waals surface area contributed by atoms with Crippen molar-refractivity contribution in [1.82, 2.24) is 14.1 Å². The molecule has 0 spiro atoms. The number of piperidine rings is 1. The van der Waals surface area contributed by atoms with Gasteiger partial charge in [-0.15, -0.1) is 0 Å². The zero-order chi connectivity index (χ0) is 17.0. The van der Waals surface area contributed by atoms with Gasteiger partial charge in [0.2, 0.25) is 5.88 Å². The van der Waals surface area contributed by atoms with Crippen molar-refractivity contribution in [1.29, 1.82) is 0 Å². The van der Waals surface area contributed by atoms with Gasteiger partial charge < -0.3 is 14.7 Å². The predicted molar refractivity (Wildman–Crippen MR) is 86.2 cm³/mol. The van der Waals surface area contributed by atoms with E-state index in [9.17, 15) is 14.7 Å². The van der Waals surface area contributed by atoms with Crippen LogP contribution in [0, 0.1) is 0 Å². The monoisotopic (exact) mass is 326 g/mol. The Morgan fingerprint density at radius 1 is 1.26 bits per heavy atom. The first-order valence-electron chi connectivity index (χ1n) is 8.00. The maximum Gasteiger partial charge on any atom is 0.427 e. The van der Waals surface area contributed by atoms with Gasteiger partial charge in [-0.2, -0.15) is 4.68 Å². The molecular weight excluding hydrogens is 300 g/mol. The fourth-order valence-corrected chi connectivity index (χ4v) is 2.57. The Bertz CT molecular complexity index is 594.